The van der Waals surface area contributed by atoms with Crippen LogP contribution in [0, 0.1) is 13.8 Å². The second-order valence-corrected chi connectivity index (χ2v) is 8.53. The van der Waals surface area contributed by atoms with Crippen molar-refractivity contribution in [2.24, 2.45) is 0 Å². The van der Waals surface area contributed by atoms with Gasteiger partial charge >= 0.3 is 0 Å². The predicted molar refractivity (Wildman–Crippen MR) is 102 cm³/mol. The van der Waals surface area contributed by atoms with Gasteiger partial charge in [-0.2, -0.15) is 4.31 Å². The molecule has 136 valence electrons. The van der Waals surface area contributed by atoms with Crippen LogP contribution >= 0.6 is 11.6 Å². The fourth-order valence-electron chi connectivity index (χ4n) is 2.59. The highest BCUT2D eigenvalue weighted by Gasteiger charge is 2.23. The number of oxazole rings is 1. The molecule has 3 rings (SSSR count). The van der Waals surface area contributed by atoms with Crippen LogP contribution in [0.2, 0.25) is 5.02 Å². The second-order valence-electron chi connectivity index (χ2n) is 6.05. The molecule has 0 fully saturated rings. The molecule has 1 aromatic heterocycles. The Balaban J connectivity index is 1.87. The summed E-state index contributed by atoms with van der Waals surface area (Å²) in [6, 6.07) is 13.9. The summed E-state index contributed by atoms with van der Waals surface area (Å²) < 4.78 is 32.4. The summed E-state index contributed by atoms with van der Waals surface area (Å²) in [5, 5.41) is 0.488. The molecule has 2 aromatic carbocycles. The predicted octanol–water partition coefficient (Wildman–Crippen LogP) is 4.43. The van der Waals surface area contributed by atoms with Gasteiger partial charge in [0.25, 0.3) is 0 Å². The number of aryl methyl sites for hydroxylation is 2. The van der Waals surface area contributed by atoms with Gasteiger partial charge in [-0.25, -0.2) is 13.4 Å². The van der Waals surface area contributed by atoms with Crippen LogP contribution in [0.15, 0.2) is 57.8 Å². The van der Waals surface area contributed by atoms with Crippen molar-refractivity contribution in [1.29, 1.82) is 0 Å². The third-order valence-corrected chi connectivity index (χ3v) is 6.23. The van der Waals surface area contributed by atoms with Crippen molar-refractivity contribution in [3.8, 4) is 11.5 Å². The van der Waals surface area contributed by atoms with Crippen LogP contribution in [-0.2, 0) is 16.6 Å². The molecule has 5 nitrogen and oxygen atoms in total. The van der Waals surface area contributed by atoms with Crippen LogP contribution in [0.3, 0.4) is 0 Å². The van der Waals surface area contributed by atoms with E-state index in [1.165, 1.54) is 23.5 Å². The van der Waals surface area contributed by atoms with Gasteiger partial charge in [0.15, 0.2) is 0 Å². The minimum absolute atomic E-state index is 0.117. The van der Waals surface area contributed by atoms with Crippen molar-refractivity contribution in [2.75, 3.05) is 7.05 Å². The van der Waals surface area contributed by atoms with E-state index < -0.39 is 10.0 Å². The Morgan fingerprint density at radius 1 is 1.08 bits per heavy atom. The van der Waals surface area contributed by atoms with Gasteiger partial charge < -0.3 is 4.42 Å². The average molecular weight is 391 g/mol. The van der Waals surface area contributed by atoms with E-state index in [2.05, 4.69) is 4.98 Å². The molecule has 7 heteroatoms. The Morgan fingerprint density at radius 3 is 2.38 bits per heavy atom. The number of nitrogens with zero attached hydrogens (tertiary/aromatic N) is 2. The molecule has 0 atom stereocenters. The first-order valence-electron chi connectivity index (χ1n) is 8.03. The van der Waals surface area contributed by atoms with Gasteiger partial charge in [0.2, 0.25) is 15.9 Å². The van der Waals surface area contributed by atoms with Gasteiger partial charge in [-0.3, -0.25) is 0 Å². The fourth-order valence-corrected chi connectivity index (χ4v) is 3.84. The molecule has 0 aliphatic heterocycles. The van der Waals surface area contributed by atoms with Crippen molar-refractivity contribution >= 4 is 21.6 Å². The zero-order valence-electron chi connectivity index (χ0n) is 14.7. The highest BCUT2D eigenvalue weighted by Crippen LogP contribution is 2.26. The summed E-state index contributed by atoms with van der Waals surface area (Å²) in [6.45, 7) is 3.88. The maximum atomic E-state index is 12.7. The van der Waals surface area contributed by atoms with Crippen LogP contribution in [0.5, 0.6) is 0 Å². The van der Waals surface area contributed by atoms with E-state index in [0.29, 0.717) is 22.4 Å². The zero-order chi connectivity index (χ0) is 18.9. The lowest BCUT2D eigenvalue weighted by molar-refractivity contribution is 0.457. The molecule has 0 radical (unpaired) electrons. The van der Waals surface area contributed by atoms with Crippen molar-refractivity contribution in [3.05, 3.63) is 70.6 Å². The van der Waals surface area contributed by atoms with Crippen molar-refractivity contribution in [1.82, 2.24) is 9.29 Å². The molecule has 0 amide bonds. The quantitative estimate of drug-likeness (QED) is 0.646. The molecule has 0 aliphatic carbocycles. The summed E-state index contributed by atoms with van der Waals surface area (Å²) in [4.78, 5) is 4.69. The maximum Gasteiger partial charge on any atom is 0.243 e. The molecule has 0 saturated carbocycles. The summed E-state index contributed by atoms with van der Waals surface area (Å²) in [5.74, 6) is 1.09. The first-order chi connectivity index (χ1) is 12.3. The molecule has 0 unspecified atom stereocenters. The van der Waals surface area contributed by atoms with Gasteiger partial charge in [0.1, 0.15) is 5.76 Å². The Kier molecular flexibility index (Phi) is 5.18. The van der Waals surface area contributed by atoms with E-state index in [0.717, 1.165) is 11.1 Å². The molecule has 0 bridgehead atoms. The number of halogens is 1. The molecule has 0 N–H and O–H groups in total. The van der Waals surface area contributed by atoms with Gasteiger partial charge in [-0.15, -0.1) is 0 Å². The smallest absolute Gasteiger partial charge is 0.243 e. The molecular formula is C19H19ClN2O3S. The number of hydrogen-bond donors (Lipinski definition) is 0. The Bertz CT molecular complexity index is 1030. The number of benzene rings is 2. The lowest BCUT2D eigenvalue weighted by Crippen LogP contribution is -2.26. The normalized spacial score (nSPS) is 11.9. The SMILES string of the molecule is Cc1ccccc1-c1nc(CN(C)S(=O)(=O)c2ccc(Cl)cc2)c(C)o1. The summed E-state index contributed by atoms with van der Waals surface area (Å²) in [7, 11) is -2.12. The van der Waals surface area contributed by atoms with Crippen molar-refractivity contribution in [3.63, 3.8) is 0 Å². The van der Waals surface area contributed by atoms with Crippen molar-refractivity contribution < 1.29 is 12.8 Å². The number of hydrogen-bond acceptors (Lipinski definition) is 4. The standard InChI is InChI=1S/C19H19ClN2O3S/c1-13-6-4-5-7-17(13)19-21-18(14(2)25-19)12-22(3)26(23,24)16-10-8-15(20)9-11-16/h4-11H,12H2,1-3H3. The van der Waals surface area contributed by atoms with E-state index in [9.17, 15) is 8.42 Å². The van der Waals surface area contributed by atoms with E-state index in [-0.39, 0.29) is 11.4 Å². The van der Waals surface area contributed by atoms with Crippen LogP contribution in [0.25, 0.3) is 11.5 Å². The monoisotopic (exact) mass is 390 g/mol. The lowest BCUT2D eigenvalue weighted by atomic mass is 10.1. The highest BCUT2D eigenvalue weighted by atomic mass is 35.5. The first kappa shape index (κ1) is 18.6. The third kappa shape index (κ3) is 3.67. The van der Waals surface area contributed by atoms with Crippen LogP contribution in [-0.4, -0.2) is 24.8 Å². The topological polar surface area (TPSA) is 63.4 Å². The number of sulfonamides is 1. The third-order valence-electron chi connectivity index (χ3n) is 4.16. The molecule has 1 heterocycles. The van der Waals surface area contributed by atoms with Gasteiger partial charge in [0.05, 0.1) is 17.1 Å². The molecular weight excluding hydrogens is 372 g/mol. The Labute approximate surface area is 158 Å². The summed E-state index contributed by atoms with van der Waals surface area (Å²) in [5.41, 5.74) is 2.52. The lowest BCUT2D eigenvalue weighted by Gasteiger charge is -2.16. The van der Waals surface area contributed by atoms with Crippen LogP contribution in [0.1, 0.15) is 17.0 Å². The first-order valence-corrected chi connectivity index (χ1v) is 9.85. The zero-order valence-corrected chi connectivity index (χ0v) is 16.3. The van der Waals surface area contributed by atoms with E-state index in [4.69, 9.17) is 16.0 Å². The van der Waals surface area contributed by atoms with E-state index in [1.54, 1.807) is 19.1 Å². The second kappa shape index (κ2) is 7.23. The molecule has 0 spiro atoms. The Morgan fingerprint density at radius 2 is 1.73 bits per heavy atom. The number of rotatable bonds is 5. The van der Waals surface area contributed by atoms with E-state index >= 15 is 0 Å². The van der Waals surface area contributed by atoms with E-state index in [1.807, 2.05) is 31.2 Å². The minimum Gasteiger partial charge on any atom is -0.441 e. The van der Waals surface area contributed by atoms with Crippen LogP contribution in [0.4, 0.5) is 0 Å². The largest absolute Gasteiger partial charge is 0.441 e. The van der Waals surface area contributed by atoms with Crippen LogP contribution < -0.4 is 0 Å². The fraction of sp³-hybridized carbons (Fsp3) is 0.211. The van der Waals surface area contributed by atoms with Gasteiger partial charge in [-0.1, -0.05) is 29.8 Å². The minimum atomic E-state index is -3.64. The average Bonchev–Trinajstić information content (AvgIpc) is 2.96. The van der Waals surface area contributed by atoms with Gasteiger partial charge in [0, 0.05) is 17.6 Å². The molecule has 0 aliphatic rings. The van der Waals surface area contributed by atoms with Gasteiger partial charge in [-0.05, 0) is 49.7 Å². The maximum absolute atomic E-state index is 12.7. The molecule has 3 aromatic rings. The molecule has 0 saturated heterocycles. The summed E-state index contributed by atoms with van der Waals surface area (Å²) in [6.07, 6.45) is 0. The molecule has 26 heavy (non-hydrogen) atoms. The van der Waals surface area contributed by atoms with Crippen molar-refractivity contribution in [2.45, 2.75) is 25.3 Å². The summed E-state index contributed by atoms with van der Waals surface area (Å²) >= 11 is 5.83. The highest BCUT2D eigenvalue weighted by molar-refractivity contribution is 7.89. The number of aromatic nitrogens is 1. The Hall–Kier alpha value is -2.15.